The molecule has 2 aromatic rings. The molecule has 0 aliphatic rings. The van der Waals surface area contributed by atoms with Crippen LogP contribution in [0.25, 0.3) is 10.9 Å². The molecule has 0 fully saturated rings. The number of hydrogen-bond acceptors (Lipinski definition) is 2. The predicted molar refractivity (Wildman–Crippen MR) is 66.1 cm³/mol. The van der Waals surface area contributed by atoms with E-state index in [9.17, 15) is 0 Å². The number of aromatic nitrogens is 1. The summed E-state index contributed by atoms with van der Waals surface area (Å²) in [7, 11) is 0. The van der Waals surface area contributed by atoms with E-state index >= 15 is 0 Å². The fourth-order valence-corrected chi connectivity index (χ4v) is 1.64. The van der Waals surface area contributed by atoms with E-state index < -0.39 is 0 Å². The molecule has 15 heavy (non-hydrogen) atoms. The van der Waals surface area contributed by atoms with Crippen molar-refractivity contribution in [1.82, 2.24) is 4.98 Å². The second kappa shape index (κ2) is 5.16. The van der Waals surface area contributed by atoms with Crippen LogP contribution in [0.3, 0.4) is 0 Å². The van der Waals surface area contributed by atoms with Crippen LogP contribution in [0.2, 0.25) is 0 Å². The maximum Gasteiger partial charge on any atom is 0.0457 e. The number of fused-ring (bicyclic) bond motifs is 1. The highest BCUT2D eigenvalue weighted by molar-refractivity contribution is 5.85. The molecule has 1 heterocycles. The van der Waals surface area contributed by atoms with Crippen molar-refractivity contribution in [1.29, 1.82) is 0 Å². The summed E-state index contributed by atoms with van der Waals surface area (Å²) in [6.07, 6.45) is 2.76. The molecule has 0 spiro atoms. The zero-order valence-corrected chi connectivity index (χ0v) is 9.26. The Kier molecular flexibility index (Phi) is 4.15. The van der Waals surface area contributed by atoms with E-state index in [1.807, 2.05) is 12.3 Å². The molecule has 0 aliphatic carbocycles. The molecule has 0 radical (unpaired) electrons. The summed E-state index contributed by atoms with van der Waals surface area (Å²) in [5.41, 5.74) is 13.7. The second-order valence-electron chi connectivity index (χ2n) is 3.51. The molecule has 5 N–H and O–H groups in total. The summed E-state index contributed by atoms with van der Waals surface area (Å²) in [6, 6.07) is 8.34. The third kappa shape index (κ3) is 2.50. The van der Waals surface area contributed by atoms with Gasteiger partial charge in [0.15, 0.2) is 0 Å². The lowest BCUT2D eigenvalue weighted by molar-refractivity contribution is 0.662. The van der Waals surface area contributed by atoms with Crippen LogP contribution in [0.4, 0.5) is 0 Å². The van der Waals surface area contributed by atoms with E-state index in [1.165, 1.54) is 5.39 Å². The molecule has 3 nitrogen and oxygen atoms in total. The molecule has 0 bridgehead atoms. The third-order valence-electron chi connectivity index (χ3n) is 2.48. The van der Waals surface area contributed by atoms with Crippen molar-refractivity contribution in [2.45, 2.75) is 12.5 Å². The SMILES string of the molecule is Cl.NCC[C@@H](N)c1ccc2cc[nH]c2c1. The van der Waals surface area contributed by atoms with Gasteiger partial charge < -0.3 is 16.5 Å². The molecule has 2 rings (SSSR count). The lowest BCUT2D eigenvalue weighted by Crippen LogP contribution is -2.15. The highest BCUT2D eigenvalue weighted by Gasteiger charge is 2.05. The molecule has 0 amide bonds. The Bertz CT molecular complexity index is 424. The van der Waals surface area contributed by atoms with Gasteiger partial charge in [0.05, 0.1) is 0 Å². The van der Waals surface area contributed by atoms with Crippen LogP contribution in [0, 0.1) is 0 Å². The van der Waals surface area contributed by atoms with Crippen LogP contribution in [-0.4, -0.2) is 11.5 Å². The van der Waals surface area contributed by atoms with Crippen LogP contribution >= 0.6 is 12.4 Å². The lowest BCUT2D eigenvalue weighted by atomic mass is 10.0. The van der Waals surface area contributed by atoms with Crippen LogP contribution in [0.1, 0.15) is 18.0 Å². The minimum absolute atomic E-state index is 0. The van der Waals surface area contributed by atoms with Gasteiger partial charge >= 0.3 is 0 Å². The summed E-state index contributed by atoms with van der Waals surface area (Å²) >= 11 is 0. The maximum absolute atomic E-state index is 5.97. The van der Waals surface area contributed by atoms with Gasteiger partial charge in [0.2, 0.25) is 0 Å². The molecule has 1 atom stereocenters. The van der Waals surface area contributed by atoms with Crippen molar-refractivity contribution in [2.75, 3.05) is 6.54 Å². The van der Waals surface area contributed by atoms with Crippen molar-refractivity contribution < 1.29 is 0 Å². The van der Waals surface area contributed by atoms with Gasteiger partial charge in [-0.05, 0) is 36.0 Å². The normalized spacial score (nSPS) is 12.4. The van der Waals surface area contributed by atoms with Crippen molar-refractivity contribution in [2.24, 2.45) is 11.5 Å². The van der Waals surface area contributed by atoms with E-state index in [0.717, 1.165) is 17.5 Å². The Morgan fingerprint density at radius 1 is 1.27 bits per heavy atom. The topological polar surface area (TPSA) is 67.8 Å². The molecule has 82 valence electrons. The minimum Gasteiger partial charge on any atom is -0.361 e. The van der Waals surface area contributed by atoms with Gasteiger partial charge in [-0.15, -0.1) is 12.4 Å². The Morgan fingerprint density at radius 3 is 2.80 bits per heavy atom. The van der Waals surface area contributed by atoms with Gasteiger partial charge in [-0.3, -0.25) is 0 Å². The summed E-state index contributed by atoms with van der Waals surface area (Å²) in [6.45, 7) is 0.629. The van der Waals surface area contributed by atoms with E-state index in [0.29, 0.717) is 6.54 Å². The highest BCUT2D eigenvalue weighted by Crippen LogP contribution is 2.19. The quantitative estimate of drug-likeness (QED) is 0.747. The van der Waals surface area contributed by atoms with Crippen molar-refractivity contribution in [3.05, 3.63) is 36.0 Å². The van der Waals surface area contributed by atoms with E-state index in [1.54, 1.807) is 0 Å². The minimum atomic E-state index is 0. The number of benzene rings is 1. The number of nitrogens with two attached hydrogens (primary N) is 2. The Balaban J connectivity index is 0.00000112. The molecular weight excluding hydrogens is 210 g/mol. The van der Waals surface area contributed by atoms with Gasteiger partial charge in [-0.2, -0.15) is 0 Å². The largest absolute Gasteiger partial charge is 0.361 e. The first-order chi connectivity index (χ1) is 6.81. The number of rotatable bonds is 3. The van der Waals surface area contributed by atoms with Crippen LogP contribution in [0.5, 0.6) is 0 Å². The van der Waals surface area contributed by atoms with Crippen molar-refractivity contribution in [3.63, 3.8) is 0 Å². The van der Waals surface area contributed by atoms with E-state index in [2.05, 4.69) is 23.2 Å². The third-order valence-corrected chi connectivity index (χ3v) is 2.48. The molecule has 4 heteroatoms. The smallest absolute Gasteiger partial charge is 0.0457 e. The van der Waals surface area contributed by atoms with Gasteiger partial charge in [0.25, 0.3) is 0 Å². The average molecular weight is 226 g/mol. The first kappa shape index (κ1) is 12.0. The average Bonchev–Trinajstić information content (AvgIpc) is 2.64. The van der Waals surface area contributed by atoms with Crippen molar-refractivity contribution in [3.8, 4) is 0 Å². The molecule has 0 saturated heterocycles. The fraction of sp³-hybridized carbons (Fsp3) is 0.273. The number of H-pyrrole nitrogens is 1. The zero-order chi connectivity index (χ0) is 9.97. The number of hydrogen-bond donors (Lipinski definition) is 3. The van der Waals surface area contributed by atoms with Gasteiger partial charge in [0, 0.05) is 17.8 Å². The summed E-state index contributed by atoms with van der Waals surface area (Å²) in [4.78, 5) is 3.17. The molecule has 0 saturated carbocycles. The van der Waals surface area contributed by atoms with Crippen LogP contribution in [-0.2, 0) is 0 Å². The molecule has 0 unspecified atom stereocenters. The van der Waals surface area contributed by atoms with Crippen LogP contribution < -0.4 is 11.5 Å². The zero-order valence-electron chi connectivity index (χ0n) is 8.44. The first-order valence-corrected chi connectivity index (χ1v) is 4.84. The van der Waals surface area contributed by atoms with E-state index in [-0.39, 0.29) is 18.4 Å². The van der Waals surface area contributed by atoms with Crippen LogP contribution in [0.15, 0.2) is 30.5 Å². The van der Waals surface area contributed by atoms with E-state index in [4.69, 9.17) is 11.5 Å². The monoisotopic (exact) mass is 225 g/mol. The highest BCUT2D eigenvalue weighted by atomic mass is 35.5. The molecular formula is C11H16ClN3. The van der Waals surface area contributed by atoms with Crippen molar-refractivity contribution >= 4 is 23.3 Å². The summed E-state index contributed by atoms with van der Waals surface area (Å²) in [5.74, 6) is 0. The Hall–Kier alpha value is -1.03. The summed E-state index contributed by atoms with van der Waals surface area (Å²) in [5, 5.41) is 1.22. The molecule has 0 aliphatic heterocycles. The Labute approximate surface area is 95.2 Å². The van der Waals surface area contributed by atoms with Gasteiger partial charge in [0.1, 0.15) is 0 Å². The Morgan fingerprint density at radius 2 is 2.07 bits per heavy atom. The number of halogens is 1. The predicted octanol–water partition coefficient (Wildman–Crippen LogP) is 1.94. The number of aromatic amines is 1. The standard InChI is InChI=1S/C11H15N3.ClH/c12-5-3-10(13)9-2-1-8-4-6-14-11(8)7-9;/h1-2,4,6-7,10,14H,3,5,12-13H2;1H/t10-;/m1./s1. The molecule has 1 aromatic heterocycles. The second-order valence-corrected chi connectivity index (χ2v) is 3.51. The summed E-state index contributed by atoms with van der Waals surface area (Å²) < 4.78 is 0. The van der Waals surface area contributed by atoms with Gasteiger partial charge in [-0.25, -0.2) is 0 Å². The fourth-order valence-electron chi connectivity index (χ4n) is 1.64. The lowest BCUT2D eigenvalue weighted by Gasteiger charge is -2.10. The first-order valence-electron chi connectivity index (χ1n) is 4.84. The van der Waals surface area contributed by atoms with Gasteiger partial charge in [-0.1, -0.05) is 12.1 Å². The number of nitrogens with one attached hydrogen (secondary N) is 1. The maximum atomic E-state index is 5.97. The molecule has 1 aromatic carbocycles.